The second-order valence-corrected chi connectivity index (χ2v) is 9.08. The molecule has 2 N–H and O–H groups in total. The molecule has 2 aromatic heterocycles. The van der Waals surface area contributed by atoms with Gasteiger partial charge in [0.25, 0.3) is 0 Å². The Balaban J connectivity index is 1.60. The SMILES string of the molecule is CCCn1c(SCc2cc(-c3ccccc3)no2)nc2cc(S(N)(=O)=O)ccc21. The monoisotopic (exact) mass is 428 g/mol. The Bertz CT molecular complexity index is 1250. The van der Waals surface area contributed by atoms with Gasteiger partial charge in [-0.3, -0.25) is 0 Å². The van der Waals surface area contributed by atoms with Crippen molar-refractivity contribution in [2.24, 2.45) is 5.14 Å². The van der Waals surface area contributed by atoms with E-state index < -0.39 is 10.0 Å². The normalized spacial score (nSPS) is 11.9. The summed E-state index contributed by atoms with van der Waals surface area (Å²) in [6.07, 6.45) is 0.927. The first-order valence-corrected chi connectivity index (χ1v) is 11.7. The molecule has 4 aromatic rings. The van der Waals surface area contributed by atoms with Crippen LogP contribution in [-0.4, -0.2) is 23.1 Å². The lowest BCUT2D eigenvalue weighted by atomic mass is 10.1. The van der Waals surface area contributed by atoms with Gasteiger partial charge in [0.2, 0.25) is 10.0 Å². The van der Waals surface area contributed by atoms with E-state index in [1.165, 1.54) is 23.9 Å². The van der Waals surface area contributed by atoms with Gasteiger partial charge in [-0.1, -0.05) is 54.2 Å². The molecular formula is C20H20N4O3S2. The predicted octanol–water partition coefficient (Wildman–Crippen LogP) is 4.04. The van der Waals surface area contributed by atoms with Gasteiger partial charge in [0.15, 0.2) is 5.16 Å². The molecular weight excluding hydrogens is 408 g/mol. The number of hydrogen-bond donors (Lipinski definition) is 1. The molecule has 0 atom stereocenters. The molecule has 2 heterocycles. The third-order valence-corrected chi connectivity index (χ3v) is 6.34. The van der Waals surface area contributed by atoms with Gasteiger partial charge in [-0.05, 0) is 24.6 Å². The fraction of sp³-hybridized carbons (Fsp3) is 0.200. The van der Waals surface area contributed by atoms with Crippen molar-refractivity contribution in [3.05, 3.63) is 60.4 Å². The van der Waals surface area contributed by atoms with E-state index in [1.807, 2.05) is 36.4 Å². The molecule has 7 nitrogen and oxygen atoms in total. The van der Waals surface area contributed by atoms with E-state index >= 15 is 0 Å². The van der Waals surface area contributed by atoms with Crippen LogP contribution in [0.15, 0.2) is 69.2 Å². The van der Waals surface area contributed by atoms with Crippen LogP contribution < -0.4 is 5.14 Å². The summed E-state index contributed by atoms with van der Waals surface area (Å²) in [6.45, 7) is 2.86. The lowest BCUT2D eigenvalue weighted by Crippen LogP contribution is -2.11. The highest BCUT2D eigenvalue weighted by Crippen LogP contribution is 2.29. The van der Waals surface area contributed by atoms with Gasteiger partial charge in [-0.2, -0.15) is 0 Å². The van der Waals surface area contributed by atoms with Gasteiger partial charge in [-0.15, -0.1) is 0 Å². The lowest BCUT2D eigenvalue weighted by molar-refractivity contribution is 0.397. The molecule has 9 heteroatoms. The molecule has 150 valence electrons. The Kier molecular flexibility index (Phi) is 5.44. The molecule has 0 amide bonds. The summed E-state index contributed by atoms with van der Waals surface area (Å²) in [5.41, 5.74) is 3.28. The zero-order valence-electron chi connectivity index (χ0n) is 15.8. The molecule has 0 radical (unpaired) electrons. The number of rotatable bonds is 7. The standard InChI is InChI=1S/C20H20N4O3S2/c1-2-10-24-19-9-8-16(29(21,25)26)12-18(19)22-20(24)28-13-15-11-17(23-27-15)14-6-4-3-5-7-14/h3-9,11-12H,2,10,13H2,1H3,(H2,21,25,26). The van der Waals surface area contributed by atoms with Crippen LogP contribution in [0, 0.1) is 0 Å². The Morgan fingerprint density at radius 1 is 1.14 bits per heavy atom. The fourth-order valence-corrected chi connectivity index (χ4v) is 4.53. The maximum absolute atomic E-state index is 11.6. The lowest BCUT2D eigenvalue weighted by Gasteiger charge is -2.06. The van der Waals surface area contributed by atoms with E-state index in [9.17, 15) is 8.42 Å². The molecule has 0 aliphatic carbocycles. The van der Waals surface area contributed by atoms with Crippen LogP contribution in [0.1, 0.15) is 19.1 Å². The number of nitrogens with two attached hydrogens (primary N) is 1. The minimum atomic E-state index is -3.77. The minimum Gasteiger partial charge on any atom is -0.360 e. The Morgan fingerprint density at radius 2 is 1.93 bits per heavy atom. The van der Waals surface area contributed by atoms with Crippen molar-refractivity contribution in [2.75, 3.05) is 0 Å². The number of aryl methyl sites for hydroxylation is 1. The van der Waals surface area contributed by atoms with Gasteiger partial charge in [0.1, 0.15) is 11.5 Å². The van der Waals surface area contributed by atoms with Crippen molar-refractivity contribution in [3.63, 3.8) is 0 Å². The molecule has 0 aliphatic rings. The van der Waals surface area contributed by atoms with E-state index in [-0.39, 0.29) is 4.90 Å². The van der Waals surface area contributed by atoms with E-state index in [4.69, 9.17) is 9.66 Å². The highest BCUT2D eigenvalue weighted by Gasteiger charge is 2.16. The first kappa shape index (κ1) is 19.7. The summed E-state index contributed by atoms with van der Waals surface area (Å²) >= 11 is 1.53. The molecule has 29 heavy (non-hydrogen) atoms. The first-order valence-electron chi connectivity index (χ1n) is 9.12. The van der Waals surface area contributed by atoms with E-state index in [2.05, 4.69) is 21.6 Å². The number of primary sulfonamides is 1. The molecule has 2 aromatic carbocycles. The Morgan fingerprint density at radius 3 is 2.66 bits per heavy atom. The number of hydrogen-bond acceptors (Lipinski definition) is 6. The van der Waals surface area contributed by atoms with Crippen LogP contribution in [0.2, 0.25) is 0 Å². The summed E-state index contributed by atoms with van der Waals surface area (Å²) in [7, 11) is -3.77. The number of sulfonamides is 1. The number of nitrogens with zero attached hydrogens (tertiary/aromatic N) is 3. The van der Waals surface area contributed by atoms with Crippen LogP contribution >= 0.6 is 11.8 Å². The fourth-order valence-electron chi connectivity index (χ4n) is 3.08. The van der Waals surface area contributed by atoms with Gasteiger partial charge in [0.05, 0.1) is 21.7 Å². The Hall–Kier alpha value is -2.62. The third-order valence-electron chi connectivity index (χ3n) is 4.43. The average molecular weight is 429 g/mol. The average Bonchev–Trinajstić information content (AvgIpc) is 3.31. The van der Waals surface area contributed by atoms with Crippen LogP contribution in [0.25, 0.3) is 22.3 Å². The van der Waals surface area contributed by atoms with Crippen LogP contribution in [0.4, 0.5) is 0 Å². The molecule has 0 saturated heterocycles. The zero-order chi connectivity index (χ0) is 20.4. The number of fused-ring (bicyclic) bond motifs is 1. The highest BCUT2D eigenvalue weighted by molar-refractivity contribution is 7.98. The molecule has 0 bridgehead atoms. The quantitative estimate of drug-likeness (QED) is 0.446. The summed E-state index contributed by atoms with van der Waals surface area (Å²) in [5, 5.41) is 10.2. The summed E-state index contributed by atoms with van der Waals surface area (Å²) in [4.78, 5) is 4.69. The molecule has 0 aliphatic heterocycles. The van der Waals surface area contributed by atoms with Crippen LogP contribution in [-0.2, 0) is 22.3 Å². The minimum absolute atomic E-state index is 0.0606. The van der Waals surface area contributed by atoms with Crippen molar-refractivity contribution >= 4 is 32.8 Å². The second kappa shape index (κ2) is 8.02. The highest BCUT2D eigenvalue weighted by atomic mass is 32.2. The van der Waals surface area contributed by atoms with Crippen LogP contribution in [0.3, 0.4) is 0 Å². The second-order valence-electron chi connectivity index (χ2n) is 6.57. The van der Waals surface area contributed by atoms with Crippen molar-refractivity contribution in [2.45, 2.75) is 35.7 Å². The molecule has 4 rings (SSSR count). The van der Waals surface area contributed by atoms with E-state index in [0.717, 1.165) is 40.7 Å². The first-order chi connectivity index (χ1) is 14.0. The summed E-state index contributed by atoms with van der Waals surface area (Å²) in [5.74, 6) is 1.31. The number of benzene rings is 2. The smallest absolute Gasteiger partial charge is 0.238 e. The maximum atomic E-state index is 11.6. The number of thioether (sulfide) groups is 1. The van der Waals surface area contributed by atoms with Crippen molar-refractivity contribution < 1.29 is 12.9 Å². The van der Waals surface area contributed by atoms with Gasteiger partial charge >= 0.3 is 0 Å². The molecule has 0 saturated carbocycles. The molecule has 0 fully saturated rings. The maximum Gasteiger partial charge on any atom is 0.238 e. The largest absolute Gasteiger partial charge is 0.360 e. The number of imidazole rings is 1. The zero-order valence-corrected chi connectivity index (χ0v) is 17.4. The molecule has 0 unspecified atom stereocenters. The van der Waals surface area contributed by atoms with E-state index in [1.54, 1.807) is 6.07 Å². The summed E-state index contributed by atoms with van der Waals surface area (Å²) in [6, 6.07) is 16.6. The predicted molar refractivity (Wildman–Crippen MR) is 113 cm³/mol. The van der Waals surface area contributed by atoms with Crippen molar-refractivity contribution in [1.82, 2.24) is 14.7 Å². The molecule has 0 spiro atoms. The van der Waals surface area contributed by atoms with E-state index in [0.29, 0.717) is 11.3 Å². The summed E-state index contributed by atoms with van der Waals surface area (Å²) < 4.78 is 30.8. The third kappa shape index (κ3) is 4.21. The number of aromatic nitrogens is 3. The topological polar surface area (TPSA) is 104 Å². The van der Waals surface area contributed by atoms with Gasteiger partial charge in [-0.25, -0.2) is 18.5 Å². The van der Waals surface area contributed by atoms with Gasteiger partial charge < -0.3 is 9.09 Å². The van der Waals surface area contributed by atoms with Crippen molar-refractivity contribution in [1.29, 1.82) is 0 Å². The van der Waals surface area contributed by atoms with Crippen LogP contribution in [0.5, 0.6) is 0 Å². The van der Waals surface area contributed by atoms with Gasteiger partial charge in [0, 0.05) is 18.2 Å². The Labute approximate surface area is 173 Å². The van der Waals surface area contributed by atoms with Crippen molar-refractivity contribution in [3.8, 4) is 11.3 Å².